The molecule has 0 spiro atoms. The zero-order valence-electron chi connectivity index (χ0n) is 8.74. The summed E-state index contributed by atoms with van der Waals surface area (Å²) in [5, 5.41) is 11.2. The van der Waals surface area contributed by atoms with Crippen molar-refractivity contribution in [3.63, 3.8) is 0 Å². The number of rotatable bonds is 4. The van der Waals surface area contributed by atoms with Gasteiger partial charge in [-0.2, -0.15) is 0 Å². The van der Waals surface area contributed by atoms with E-state index in [1.807, 2.05) is 4.98 Å². The van der Waals surface area contributed by atoms with Gasteiger partial charge < -0.3 is 15.4 Å². The first kappa shape index (κ1) is 12.2. The van der Waals surface area contributed by atoms with Crippen LogP contribution in [0.25, 0.3) is 0 Å². The molecule has 88 valence electrons. The Bertz CT molecular complexity index is 448. The summed E-state index contributed by atoms with van der Waals surface area (Å²) in [4.78, 5) is 37.4. The van der Waals surface area contributed by atoms with Gasteiger partial charge in [0.2, 0.25) is 0 Å². The van der Waals surface area contributed by atoms with Crippen molar-refractivity contribution in [2.24, 2.45) is 5.92 Å². The average Bonchev–Trinajstić information content (AvgIpc) is 2.23. The molecule has 0 aliphatic heterocycles. The Morgan fingerprint density at radius 1 is 1.50 bits per heavy atom. The molecule has 16 heavy (non-hydrogen) atoms. The normalized spacial score (nSPS) is 12.1. The lowest BCUT2D eigenvalue weighted by Gasteiger charge is -2.08. The zero-order chi connectivity index (χ0) is 12.1. The van der Waals surface area contributed by atoms with Gasteiger partial charge in [-0.05, 0) is 5.92 Å². The average molecular weight is 227 g/mol. The predicted octanol–water partition coefficient (Wildman–Crippen LogP) is -1.58. The van der Waals surface area contributed by atoms with Crippen LogP contribution < -0.4 is 16.6 Å². The second kappa shape index (κ2) is 5.26. The maximum Gasteiger partial charge on any atom is 0.326 e. The SMILES string of the molecule is CC(CO)CNC(=O)c1cc(=O)[nH]c(=O)[nH]1. The van der Waals surface area contributed by atoms with Gasteiger partial charge in [-0.25, -0.2) is 4.79 Å². The number of H-pyrrole nitrogens is 2. The quantitative estimate of drug-likeness (QED) is 0.497. The molecule has 0 aromatic carbocycles. The maximum absolute atomic E-state index is 11.5. The van der Waals surface area contributed by atoms with Crippen molar-refractivity contribution in [2.75, 3.05) is 13.2 Å². The molecule has 1 atom stereocenters. The van der Waals surface area contributed by atoms with Crippen molar-refractivity contribution in [1.82, 2.24) is 15.3 Å². The molecule has 1 aromatic rings. The molecular weight excluding hydrogens is 214 g/mol. The highest BCUT2D eigenvalue weighted by Gasteiger charge is 2.08. The Balaban J connectivity index is 2.73. The molecule has 0 saturated carbocycles. The van der Waals surface area contributed by atoms with E-state index >= 15 is 0 Å². The van der Waals surface area contributed by atoms with E-state index in [0.29, 0.717) is 0 Å². The van der Waals surface area contributed by atoms with Crippen LogP contribution in [0.4, 0.5) is 0 Å². The minimum Gasteiger partial charge on any atom is -0.396 e. The van der Waals surface area contributed by atoms with Crippen molar-refractivity contribution < 1.29 is 9.90 Å². The molecule has 0 fully saturated rings. The number of aromatic amines is 2. The van der Waals surface area contributed by atoms with Crippen LogP contribution in [0.2, 0.25) is 0 Å². The highest BCUT2D eigenvalue weighted by molar-refractivity contribution is 5.91. The number of carbonyl (C=O) groups excluding carboxylic acids is 1. The van der Waals surface area contributed by atoms with Gasteiger partial charge in [0.15, 0.2) is 0 Å². The Morgan fingerprint density at radius 3 is 2.75 bits per heavy atom. The van der Waals surface area contributed by atoms with Crippen LogP contribution in [-0.4, -0.2) is 34.1 Å². The van der Waals surface area contributed by atoms with Gasteiger partial charge in [0, 0.05) is 19.2 Å². The summed E-state index contributed by atoms with van der Waals surface area (Å²) in [5.74, 6) is -0.638. The summed E-state index contributed by atoms with van der Waals surface area (Å²) in [6.07, 6.45) is 0. The molecule has 1 amide bonds. The van der Waals surface area contributed by atoms with E-state index < -0.39 is 17.2 Å². The number of aromatic nitrogens is 2. The van der Waals surface area contributed by atoms with E-state index in [1.165, 1.54) is 0 Å². The smallest absolute Gasteiger partial charge is 0.326 e. The van der Waals surface area contributed by atoms with E-state index in [-0.39, 0.29) is 24.8 Å². The summed E-state index contributed by atoms with van der Waals surface area (Å²) < 4.78 is 0. The first-order chi connectivity index (χ1) is 7.52. The molecule has 7 heteroatoms. The zero-order valence-corrected chi connectivity index (χ0v) is 8.74. The number of nitrogens with one attached hydrogen (secondary N) is 3. The van der Waals surface area contributed by atoms with Crippen LogP contribution in [0, 0.1) is 5.92 Å². The molecule has 7 nitrogen and oxygen atoms in total. The monoisotopic (exact) mass is 227 g/mol. The number of amides is 1. The molecule has 0 saturated heterocycles. The van der Waals surface area contributed by atoms with Gasteiger partial charge in [0.25, 0.3) is 11.5 Å². The molecule has 1 rings (SSSR count). The Labute approximate surface area is 90.5 Å². The Morgan fingerprint density at radius 2 is 2.19 bits per heavy atom. The Kier molecular flexibility index (Phi) is 4.01. The fraction of sp³-hybridized carbons (Fsp3) is 0.444. The van der Waals surface area contributed by atoms with Crippen molar-refractivity contribution >= 4 is 5.91 Å². The minimum absolute atomic E-state index is 0.0494. The van der Waals surface area contributed by atoms with E-state index in [0.717, 1.165) is 6.07 Å². The number of aliphatic hydroxyl groups excluding tert-OH is 1. The molecule has 1 aromatic heterocycles. The second-order valence-corrected chi connectivity index (χ2v) is 3.50. The van der Waals surface area contributed by atoms with Gasteiger partial charge in [0.05, 0.1) is 0 Å². The van der Waals surface area contributed by atoms with Gasteiger partial charge in [0.1, 0.15) is 5.69 Å². The van der Waals surface area contributed by atoms with Crippen LogP contribution in [0.5, 0.6) is 0 Å². The number of carbonyl (C=O) groups is 1. The van der Waals surface area contributed by atoms with Crippen molar-refractivity contribution in [2.45, 2.75) is 6.92 Å². The van der Waals surface area contributed by atoms with Crippen molar-refractivity contribution in [3.05, 3.63) is 32.6 Å². The molecular formula is C9H13N3O4. The number of hydrogen-bond donors (Lipinski definition) is 4. The van der Waals surface area contributed by atoms with Crippen LogP contribution in [-0.2, 0) is 0 Å². The largest absolute Gasteiger partial charge is 0.396 e. The fourth-order valence-electron chi connectivity index (χ4n) is 1.02. The van der Waals surface area contributed by atoms with Crippen LogP contribution in [0.15, 0.2) is 15.7 Å². The summed E-state index contributed by atoms with van der Waals surface area (Å²) >= 11 is 0. The van der Waals surface area contributed by atoms with Gasteiger partial charge in [-0.3, -0.25) is 14.6 Å². The molecule has 4 N–H and O–H groups in total. The van der Waals surface area contributed by atoms with E-state index in [9.17, 15) is 14.4 Å². The third-order valence-corrected chi connectivity index (χ3v) is 1.93. The van der Waals surface area contributed by atoms with Crippen molar-refractivity contribution in [3.8, 4) is 0 Å². The summed E-state index contributed by atoms with van der Waals surface area (Å²) in [6, 6.07) is 1.00. The molecule has 0 bridgehead atoms. The summed E-state index contributed by atoms with van der Waals surface area (Å²) in [6.45, 7) is 1.97. The van der Waals surface area contributed by atoms with Crippen LogP contribution in [0.3, 0.4) is 0 Å². The molecule has 1 unspecified atom stereocenters. The van der Waals surface area contributed by atoms with Crippen LogP contribution in [0.1, 0.15) is 17.4 Å². The third-order valence-electron chi connectivity index (χ3n) is 1.93. The summed E-state index contributed by atoms with van der Waals surface area (Å²) in [7, 11) is 0. The second-order valence-electron chi connectivity index (χ2n) is 3.50. The molecule has 0 aliphatic carbocycles. The predicted molar refractivity (Wildman–Crippen MR) is 56.3 cm³/mol. The Hall–Kier alpha value is -1.89. The summed E-state index contributed by atoms with van der Waals surface area (Å²) in [5.41, 5.74) is -1.46. The van der Waals surface area contributed by atoms with Gasteiger partial charge in [-0.15, -0.1) is 0 Å². The van der Waals surface area contributed by atoms with Crippen molar-refractivity contribution in [1.29, 1.82) is 0 Å². The van der Waals surface area contributed by atoms with Gasteiger partial charge >= 0.3 is 5.69 Å². The lowest BCUT2D eigenvalue weighted by atomic mass is 10.2. The maximum atomic E-state index is 11.5. The molecule has 1 heterocycles. The van der Waals surface area contributed by atoms with E-state index in [4.69, 9.17) is 5.11 Å². The molecule has 0 aliphatic rings. The lowest BCUT2D eigenvalue weighted by Crippen LogP contribution is -2.33. The van der Waals surface area contributed by atoms with E-state index in [1.54, 1.807) is 6.92 Å². The molecule has 0 radical (unpaired) electrons. The number of aliphatic hydroxyl groups is 1. The fourth-order valence-corrected chi connectivity index (χ4v) is 1.02. The minimum atomic E-state index is -0.729. The standard InChI is InChI=1S/C9H13N3O4/c1-5(4-13)3-10-8(15)6-2-7(14)12-9(16)11-6/h2,5,13H,3-4H2,1H3,(H,10,15)(H2,11,12,14,16). The highest BCUT2D eigenvalue weighted by Crippen LogP contribution is 1.91. The topological polar surface area (TPSA) is 115 Å². The van der Waals surface area contributed by atoms with Crippen LogP contribution >= 0.6 is 0 Å². The first-order valence-corrected chi connectivity index (χ1v) is 4.75. The number of hydrogen-bond acceptors (Lipinski definition) is 4. The van der Waals surface area contributed by atoms with Gasteiger partial charge in [-0.1, -0.05) is 6.92 Å². The van der Waals surface area contributed by atoms with E-state index in [2.05, 4.69) is 10.3 Å². The highest BCUT2D eigenvalue weighted by atomic mass is 16.3. The lowest BCUT2D eigenvalue weighted by molar-refractivity contribution is 0.0936. The first-order valence-electron chi connectivity index (χ1n) is 4.75. The third kappa shape index (κ3) is 3.35.